The van der Waals surface area contributed by atoms with Gasteiger partial charge in [0, 0.05) is 18.1 Å². The zero-order valence-corrected chi connectivity index (χ0v) is 22.8. The molecule has 0 aromatic heterocycles. The van der Waals surface area contributed by atoms with Crippen LogP contribution in [0.2, 0.25) is 5.02 Å². The summed E-state index contributed by atoms with van der Waals surface area (Å²) in [4.78, 5) is 28.4. The Morgan fingerprint density at radius 1 is 0.946 bits per heavy atom. The number of anilines is 1. The monoisotopic (exact) mass is 541 g/mol. The number of carbonyl (C=O) groups excluding carboxylic acids is 2. The number of benzene rings is 3. The standard InChI is InChI=1S/C28H32ClN3O4S/c1-4-25(28(34)30-5-2)31(19-22-12-8-6-9-13-22)27(33)20-32(26-17-16-23(29)18-21(26)3)37(35,36)24-14-10-7-11-15-24/h6-18,25H,4-5,19-20H2,1-3H3,(H,30,34). The maximum absolute atomic E-state index is 13.9. The molecule has 3 aromatic carbocycles. The molecular weight excluding hydrogens is 510 g/mol. The molecule has 3 aromatic rings. The summed E-state index contributed by atoms with van der Waals surface area (Å²) in [6.07, 6.45) is 0.371. The maximum Gasteiger partial charge on any atom is 0.264 e. The molecule has 9 heteroatoms. The van der Waals surface area contributed by atoms with Gasteiger partial charge in [0.1, 0.15) is 12.6 Å². The first-order valence-corrected chi connectivity index (χ1v) is 14.0. The van der Waals surface area contributed by atoms with Crippen LogP contribution in [-0.2, 0) is 26.2 Å². The Morgan fingerprint density at radius 2 is 1.57 bits per heavy atom. The Morgan fingerprint density at radius 3 is 2.14 bits per heavy atom. The van der Waals surface area contributed by atoms with Crippen molar-refractivity contribution in [2.24, 2.45) is 0 Å². The van der Waals surface area contributed by atoms with Crippen LogP contribution in [-0.4, -0.2) is 44.3 Å². The minimum Gasteiger partial charge on any atom is -0.355 e. The lowest BCUT2D eigenvalue weighted by Crippen LogP contribution is -2.52. The van der Waals surface area contributed by atoms with E-state index in [1.165, 1.54) is 17.0 Å². The molecule has 0 aliphatic heterocycles. The second-order valence-corrected chi connectivity index (χ2v) is 10.9. The highest BCUT2D eigenvalue weighted by Crippen LogP contribution is 2.29. The number of hydrogen-bond donors (Lipinski definition) is 1. The maximum atomic E-state index is 13.9. The van der Waals surface area contributed by atoms with E-state index in [1.807, 2.05) is 44.2 Å². The van der Waals surface area contributed by atoms with Crippen molar-refractivity contribution in [3.05, 3.63) is 95.0 Å². The van der Waals surface area contributed by atoms with E-state index < -0.39 is 28.5 Å². The van der Waals surface area contributed by atoms with E-state index in [9.17, 15) is 18.0 Å². The van der Waals surface area contributed by atoms with E-state index in [0.29, 0.717) is 29.2 Å². The lowest BCUT2D eigenvalue weighted by Gasteiger charge is -2.33. The Hall–Kier alpha value is -3.36. The molecule has 0 aliphatic rings. The van der Waals surface area contributed by atoms with Gasteiger partial charge in [-0.1, -0.05) is 67.1 Å². The predicted octanol–water partition coefficient (Wildman–Crippen LogP) is 4.79. The summed E-state index contributed by atoms with van der Waals surface area (Å²) < 4.78 is 28.7. The number of likely N-dealkylation sites (N-methyl/N-ethyl adjacent to an activating group) is 1. The Bertz CT molecular complexity index is 1320. The van der Waals surface area contributed by atoms with Crippen LogP contribution in [0.1, 0.15) is 31.4 Å². The highest BCUT2D eigenvalue weighted by Gasteiger charge is 2.34. The average Bonchev–Trinajstić information content (AvgIpc) is 2.88. The SMILES string of the molecule is CCNC(=O)C(CC)N(Cc1ccccc1)C(=O)CN(c1ccc(Cl)cc1C)S(=O)(=O)c1ccccc1. The largest absolute Gasteiger partial charge is 0.355 e. The fraction of sp³-hybridized carbons (Fsp3) is 0.286. The van der Waals surface area contributed by atoms with Gasteiger partial charge in [0.15, 0.2) is 0 Å². The number of nitrogens with one attached hydrogen (secondary N) is 1. The van der Waals surface area contributed by atoms with Crippen LogP contribution in [0.5, 0.6) is 0 Å². The molecule has 196 valence electrons. The summed E-state index contributed by atoms with van der Waals surface area (Å²) in [5.41, 5.74) is 1.77. The third kappa shape index (κ3) is 6.90. The van der Waals surface area contributed by atoms with Crippen molar-refractivity contribution in [2.45, 2.75) is 44.7 Å². The molecule has 2 amide bonds. The van der Waals surface area contributed by atoms with Crippen LogP contribution in [0.3, 0.4) is 0 Å². The predicted molar refractivity (Wildman–Crippen MR) is 147 cm³/mol. The second-order valence-electron chi connectivity index (χ2n) is 8.58. The highest BCUT2D eigenvalue weighted by molar-refractivity contribution is 7.92. The van der Waals surface area contributed by atoms with Crippen molar-refractivity contribution >= 4 is 39.1 Å². The lowest BCUT2D eigenvalue weighted by molar-refractivity contribution is -0.140. The summed E-state index contributed by atoms with van der Waals surface area (Å²) in [6, 6.07) is 21.4. The van der Waals surface area contributed by atoms with E-state index in [2.05, 4.69) is 5.32 Å². The number of sulfonamides is 1. The molecule has 1 atom stereocenters. The van der Waals surface area contributed by atoms with Gasteiger partial charge < -0.3 is 10.2 Å². The third-order valence-corrected chi connectivity index (χ3v) is 7.98. The van der Waals surface area contributed by atoms with E-state index in [1.54, 1.807) is 43.3 Å². The van der Waals surface area contributed by atoms with E-state index in [4.69, 9.17) is 11.6 Å². The number of halogens is 1. The van der Waals surface area contributed by atoms with Crippen LogP contribution in [0.25, 0.3) is 0 Å². The minimum absolute atomic E-state index is 0.0579. The van der Waals surface area contributed by atoms with Crippen LogP contribution < -0.4 is 9.62 Å². The highest BCUT2D eigenvalue weighted by atomic mass is 35.5. The van der Waals surface area contributed by atoms with Crippen molar-refractivity contribution in [3.63, 3.8) is 0 Å². The number of nitrogens with zero attached hydrogens (tertiary/aromatic N) is 2. The molecule has 1 unspecified atom stereocenters. The third-order valence-electron chi connectivity index (χ3n) is 5.97. The van der Waals surface area contributed by atoms with E-state index in [-0.39, 0.29) is 17.3 Å². The van der Waals surface area contributed by atoms with Gasteiger partial charge >= 0.3 is 0 Å². The lowest BCUT2D eigenvalue weighted by atomic mass is 10.1. The molecule has 1 N–H and O–H groups in total. The minimum atomic E-state index is -4.11. The molecule has 0 heterocycles. The first-order chi connectivity index (χ1) is 17.7. The van der Waals surface area contributed by atoms with Crippen molar-refractivity contribution in [1.29, 1.82) is 0 Å². The molecular formula is C28H32ClN3O4S. The zero-order valence-electron chi connectivity index (χ0n) is 21.2. The first kappa shape index (κ1) is 28.2. The smallest absolute Gasteiger partial charge is 0.264 e. The van der Waals surface area contributed by atoms with Crippen LogP contribution in [0.15, 0.2) is 83.8 Å². The molecule has 0 saturated carbocycles. The molecule has 0 radical (unpaired) electrons. The van der Waals surface area contributed by atoms with Gasteiger partial charge in [-0.15, -0.1) is 0 Å². The Balaban J connectivity index is 2.07. The van der Waals surface area contributed by atoms with Crippen molar-refractivity contribution in [3.8, 4) is 0 Å². The second kappa shape index (κ2) is 12.7. The average molecular weight is 542 g/mol. The zero-order chi connectivity index (χ0) is 27.0. The number of carbonyl (C=O) groups is 2. The van der Waals surface area contributed by atoms with Crippen LogP contribution in [0.4, 0.5) is 5.69 Å². The summed E-state index contributed by atoms with van der Waals surface area (Å²) >= 11 is 6.14. The van der Waals surface area contributed by atoms with Crippen molar-refractivity contribution < 1.29 is 18.0 Å². The van der Waals surface area contributed by atoms with Gasteiger partial charge in [-0.05, 0) is 61.7 Å². The molecule has 0 aliphatic carbocycles. The molecule has 7 nitrogen and oxygen atoms in total. The van der Waals surface area contributed by atoms with Gasteiger partial charge in [-0.3, -0.25) is 13.9 Å². The molecule has 0 saturated heterocycles. The number of rotatable bonds is 11. The van der Waals surface area contributed by atoms with Gasteiger partial charge in [0.25, 0.3) is 10.0 Å². The van der Waals surface area contributed by atoms with Gasteiger partial charge in [-0.25, -0.2) is 8.42 Å². The van der Waals surface area contributed by atoms with Crippen LogP contribution >= 0.6 is 11.6 Å². The Labute approximate surface area is 224 Å². The van der Waals surface area contributed by atoms with Gasteiger partial charge in [-0.2, -0.15) is 0 Å². The Kier molecular flexibility index (Phi) is 9.72. The van der Waals surface area contributed by atoms with E-state index >= 15 is 0 Å². The molecule has 37 heavy (non-hydrogen) atoms. The number of hydrogen-bond acceptors (Lipinski definition) is 4. The summed E-state index contributed by atoms with van der Waals surface area (Å²) in [5, 5.41) is 3.25. The first-order valence-electron chi connectivity index (χ1n) is 12.1. The van der Waals surface area contributed by atoms with Crippen molar-refractivity contribution in [2.75, 3.05) is 17.4 Å². The van der Waals surface area contributed by atoms with Crippen LogP contribution in [0, 0.1) is 6.92 Å². The number of aryl methyl sites for hydroxylation is 1. The fourth-order valence-electron chi connectivity index (χ4n) is 4.12. The topological polar surface area (TPSA) is 86.8 Å². The molecule has 0 bridgehead atoms. The van der Waals surface area contributed by atoms with Gasteiger partial charge in [0.2, 0.25) is 11.8 Å². The summed E-state index contributed by atoms with van der Waals surface area (Å²) in [5.74, 6) is -0.773. The van der Waals surface area contributed by atoms with Gasteiger partial charge in [0.05, 0.1) is 10.6 Å². The quantitative estimate of drug-likeness (QED) is 0.378. The molecule has 3 rings (SSSR count). The fourth-order valence-corrected chi connectivity index (χ4v) is 5.85. The summed E-state index contributed by atoms with van der Waals surface area (Å²) in [6.45, 7) is 5.47. The molecule has 0 spiro atoms. The van der Waals surface area contributed by atoms with E-state index in [0.717, 1.165) is 9.87 Å². The van der Waals surface area contributed by atoms with Crippen molar-refractivity contribution in [1.82, 2.24) is 10.2 Å². The molecule has 0 fully saturated rings. The normalized spacial score (nSPS) is 12.0. The summed E-state index contributed by atoms with van der Waals surface area (Å²) in [7, 11) is -4.11. The number of amides is 2.